The highest BCUT2D eigenvalue weighted by atomic mass is 16.6. The molecule has 7 heteroatoms. The number of nitrogens with zero attached hydrogens (tertiary/aromatic N) is 1. The number of anilines is 1. The molecule has 1 amide bonds. The number of nitro benzene ring substituents is 1. The van der Waals surface area contributed by atoms with E-state index in [0.717, 1.165) is 6.07 Å². The van der Waals surface area contributed by atoms with Crippen LogP contribution in [0.4, 0.5) is 11.4 Å². The molecule has 0 fully saturated rings. The predicted molar refractivity (Wildman–Crippen MR) is 70.8 cm³/mol. The van der Waals surface area contributed by atoms with Gasteiger partial charge < -0.3 is 15.5 Å². The predicted octanol–water partition coefficient (Wildman–Crippen LogP) is 2.26. The number of hydrogen-bond acceptors (Lipinski definition) is 5. The number of carbonyl (C=O) groups excluding carboxylic acids is 1. The molecular weight excluding hydrogens is 264 g/mol. The van der Waals surface area contributed by atoms with E-state index >= 15 is 0 Å². The summed E-state index contributed by atoms with van der Waals surface area (Å²) in [5.41, 5.74) is -0.666. The first-order valence-corrected chi connectivity index (χ1v) is 5.56. The highest BCUT2D eigenvalue weighted by Crippen LogP contribution is 2.30. The van der Waals surface area contributed by atoms with E-state index in [4.69, 9.17) is 0 Å². The lowest BCUT2D eigenvalue weighted by Crippen LogP contribution is -2.12. The molecule has 102 valence electrons. The van der Waals surface area contributed by atoms with Crippen LogP contribution < -0.4 is 5.32 Å². The number of para-hydroxylation sites is 3. The third-order valence-corrected chi connectivity index (χ3v) is 2.61. The minimum absolute atomic E-state index is 0.142. The second-order valence-electron chi connectivity index (χ2n) is 3.90. The summed E-state index contributed by atoms with van der Waals surface area (Å²) in [6.07, 6.45) is 0. The fraction of sp³-hybridized carbons (Fsp3) is 0. The van der Waals surface area contributed by atoms with Crippen molar-refractivity contribution < 1.29 is 19.9 Å². The SMILES string of the molecule is O=C(Nc1ccccc1O)c1cccc([N+](=O)[O-])c1O. The zero-order valence-electron chi connectivity index (χ0n) is 10.1. The molecule has 0 bridgehead atoms. The molecule has 0 saturated carbocycles. The molecule has 0 radical (unpaired) electrons. The Bertz CT molecular complexity index is 684. The topological polar surface area (TPSA) is 113 Å². The molecule has 0 aromatic heterocycles. The number of aromatic hydroxyl groups is 2. The van der Waals surface area contributed by atoms with Crippen LogP contribution in [0.1, 0.15) is 10.4 Å². The van der Waals surface area contributed by atoms with Crippen molar-refractivity contribution >= 4 is 17.3 Å². The van der Waals surface area contributed by atoms with Gasteiger partial charge in [0.05, 0.1) is 16.2 Å². The summed E-state index contributed by atoms with van der Waals surface area (Å²) in [5.74, 6) is -1.62. The molecule has 0 spiro atoms. The number of carbonyl (C=O) groups is 1. The van der Waals surface area contributed by atoms with Crippen LogP contribution in [-0.4, -0.2) is 21.0 Å². The number of nitrogens with one attached hydrogen (secondary N) is 1. The lowest BCUT2D eigenvalue weighted by atomic mass is 10.1. The van der Waals surface area contributed by atoms with E-state index in [0.29, 0.717) is 0 Å². The maximum absolute atomic E-state index is 12.0. The Morgan fingerprint density at radius 1 is 1.10 bits per heavy atom. The van der Waals surface area contributed by atoms with Crippen LogP contribution in [0, 0.1) is 10.1 Å². The monoisotopic (exact) mass is 274 g/mol. The zero-order chi connectivity index (χ0) is 14.7. The highest BCUT2D eigenvalue weighted by Gasteiger charge is 2.21. The molecule has 2 aromatic rings. The van der Waals surface area contributed by atoms with Crippen molar-refractivity contribution in [1.29, 1.82) is 0 Å². The molecule has 2 rings (SSSR count). The first kappa shape index (κ1) is 13.3. The quantitative estimate of drug-likeness (QED) is 0.451. The summed E-state index contributed by atoms with van der Waals surface area (Å²) in [5, 5.41) is 32.3. The maximum Gasteiger partial charge on any atom is 0.311 e. The van der Waals surface area contributed by atoms with Crippen molar-refractivity contribution in [3.05, 3.63) is 58.1 Å². The van der Waals surface area contributed by atoms with E-state index in [9.17, 15) is 25.1 Å². The van der Waals surface area contributed by atoms with Gasteiger partial charge in [0.2, 0.25) is 5.75 Å². The van der Waals surface area contributed by atoms with Crippen molar-refractivity contribution in [3.8, 4) is 11.5 Å². The highest BCUT2D eigenvalue weighted by molar-refractivity contribution is 6.07. The summed E-state index contributed by atoms with van der Waals surface area (Å²) in [4.78, 5) is 21.9. The standard InChI is InChI=1S/C13H10N2O5/c16-11-7-2-1-5-9(11)14-13(18)8-4-3-6-10(12(8)17)15(19)20/h1-7,16-17H,(H,14,18). The van der Waals surface area contributed by atoms with Gasteiger partial charge in [-0.2, -0.15) is 0 Å². The number of amides is 1. The number of benzene rings is 2. The molecule has 20 heavy (non-hydrogen) atoms. The Kier molecular flexibility index (Phi) is 3.52. The average molecular weight is 274 g/mol. The minimum atomic E-state index is -0.786. The van der Waals surface area contributed by atoms with Gasteiger partial charge in [-0.15, -0.1) is 0 Å². The van der Waals surface area contributed by atoms with Crippen molar-refractivity contribution in [1.82, 2.24) is 0 Å². The van der Waals surface area contributed by atoms with Gasteiger partial charge in [-0.3, -0.25) is 14.9 Å². The van der Waals surface area contributed by atoms with Gasteiger partial charge in [-0.1, -0.05) is 18.2 Å². The van der Waals surface area contributed by atoms with Gasteiger partial charge in [0, 0.05) is 6.07 Å². The van der Waals surface area contributed by atoms with Gasteiger partial charge in [0.1, 0.15) is 5.75 Å². The summed E-state index contributed by atoms with van der Waals surface area (Å²) in [6, 6.07) is 9.64. The lowest BCUT2D eigenvalue weighted by Gasteiger charge is -2.08. The number of rotatable bonds is 3. The molecule has 0 aliphatic rings. The lowest BCUT2D eigenvalue weighted by molar-refractivity contribution is -0.385. The number of phenolic OH excluding ortho intramolecular Hbond substituents is 2. The molecular formula is C13H10N2O5. The fourth-order valence-corrected chi connectivity index (χ4v) is 1.63. The Balaban J connectivity index is 2.33. The van der Waals surface area contributed by atoms with Crippen LogP contribution in [0.25, 0.3) is 0 Å². The minimum Gasteiger partial charge on any atom is -0.506 e. The Morgan fingerprint density at radius 2 is 1.80 bits per heavy atom. The van der Waals surface area contributed by atoms with E-state index in [1.165, 1.54) is 24.3 Å². The number of hydrogen-bond donors (Lipinski definition) is 3. The largest absolute Gasteiger partial charge is 0.506 e. The molecule has 0 aliphatic carbocycles. The second kappa shape index (κ2) is 5.27. The Hall–Kier alpha value is -3.09. The van der Waals surface area contributed by atoms with E-state index in [1.807, 2.05) is 0 Å². The van der Waals surface area contributed by atoms with Crippen LogP contribution in [0.3, 0.4) is 0 Å². The summed E-state index contributed by atoms with van der Waals surface area (Å²) in [7, 11) is 0. The van der Waals surface area contributed by atoms with E-state index in [2.05, 4.69) is 5.32 Å². The van der Waals surface area contributed by atoms with Crippen LogP contribution >= 0.6 is 0 Å². The molecule has 0 aliphatic heterocycles. The van der Waals surface area contributed by atoms with E-state index in [-0.39, 0.29) is 17.0 Å². The smallest absolute Gasteiger partial charge is 0.311 e. The van der Waals surface area contributed by atoms with Crippen molar-refractivity contribution in [2.75, 3.05) is 5.32 Å². The number of nitro groups is 1. The molecule has 2 aromatic carbocycles. The van der Waals surface area contributed by atoms with Gasteiger partial charge in [0.25, 0.3) is 5.91 Å². The first-order valence-electron chi connectivity index (χ1n) is 5.56. The Labute approximate surface area is 113 Å². The molecule has 7 nitrogen and oxygen atoms in total. The maximum atomic E-state index is 12.0. The fourth-order valence-electron chi connectivity index (χ4n) is 1.63. The van der Waals surface area contributed by atoms with Gasteiger partial charge in [-0.25, -0.2) is 0 Å². The molecule has 3 N–H and O–H groups in total. The van der Waals surface area contributed by atoms with Crippen LogP contribution in [0.5, 0.6) is 11.5 Å². The first-order chi connectivity index (χ1) is 9.50. The van der Waals surface area contributed by atoms with Gasteiger partial charge in [0.15, 0.2) is 0 Å². The van der Waals surface area contributed by atoms with Crippen molar-refractivity contribution in [2.45, 2.75) is 0 Å². The summed E-state index contributed by atoms with van der Waals surface area (Å²) < 4.78 is 0. The van der Waals surface area contributed by atoms with E-state index < -0.39 is 22.3 Å². The second-order valence-corrected chi connectivity index (χ2v) is 3.90. The summed E-state index contributed by atoms with van der Waals surface area (Å²) in [6.45, 7) is 0. The Morgan fingerprint density at radius 3 is 2.45 bits per heavy atom. The average Bonchev–Trinajstić information content (AvgIpc) is 2.41. The van der Waals surface area contributed by atoms with Crippen LogP contribution in [0.2, 0.25) is 0 Å². The van der Waals surface area contributed by atoms with E-state index in [1.54, 1.807) is 12.1 Å². The number of phenols is 2. The van der Waals surface area contributed by atoms with Crippen LogP contribution in [-0.2, 0) is 0 Å². The normalized spacial score (nSPS) is 10.0. The molecule has 0 saturated heterocycles. The van der Waals surface area contributed by atoms with Gasteiger partial charge in [-0.05, 0) is 18.2 Å². The third-order valence-electron chi connectivity index (χ3n) is 2.61. The van der Waals surface area contributed by atoms with Crippen molar-refractivity contribution in [3.63, 3.8) is 0 Å². The molecule has 0 atom stereocenters. The zero-order valence-corrected chi connectivity index (χ0v) is 10.1. The van der Waals surface area contributed by atoms with Gasteiger partial charge >= 0.3 is 5.69 Å². The molecule has 0 unspecified atom stereocenters. The molecule has 0 heterocycles. The third kappa shape index (κ3) is 2.51. The summed E-state index contributed by atoms with van der Waals surface area (Å²) >= 11 is 0. The van der Waals surface area contributed by atoms with Crippen LogP contribution in [0.15, 0.2) is 42.5 Å². The van der Waals surface area contributed by atoms with Crippen molar-refractivity contribution in [2.24, 2.45) is 0 Å².